The molecule has 0 aliphatic heterocycles. The Bertz CT molecular complexity index is 632. The molecule has 1 aromatic carbocycles. The minimum absolute atomic E-state index is 0.535. The Labute approximate surface area is 141 Å². The molecule has 0 saturated heterocycles. The molecule has 0 amide bonds. The summed E-state index contributed by atoms with van der Waals surface area (Å²) in [4.78, 5) is 0. The number of nitriles is 1. The van der Waals surface area contributed by atoms with Crippen molar-refractivity contribution in [2.45, 2.75) is 58.3 Å². The second kappa shape index (κ2) is 9.77. The van der Waals surface area contributed by atoms with E-state index in [4.69, 9.17) is 5.26 Å². The van der Waals surface area contributed by atoms with Crippen molar-refractivity contribution in [1.82, 2.24) is 0 Å². The highest BCUT2D eigenvalue weighted by atomic mass is 14.2. The third-order valence-corrected chi connectivity index (χ3v) is 4.62. The molecule has 0 spiro atoms. The van der Waals surface area contributed by atoms with E-state index in [-0.39, 0.29) is 0 Å². The van der Waals surface area contributed by atoms with Crippen LogP contribution in [0.15, 0.2) is 24.3 Å². The number of unbranched alkanes of at least 4 members (excludes halogenated alkanes) is 2. The predicted octanol–water partition coefficient (Wildman–Crippen LogP) is 5.30. The summed E-state index contributed by atoms with van der Waals surface area (Å²) in [5.41, 5.74) is 1.58. The summed E-state index contributed by atoms with van der Waals surface area (Å²) in [6, 6.07) is 9.43. The summed E-state index contributed by atoms with van der Waals surface area (Å²) < 4.78 is 0. The molecular formula is C22H25N. The summed E-state index contributed by atoms with van der Waals surface area (Å²) in [6.07, 6.45) is 10.7. The minimum atomic E-state index is 0.535. The van der Waals surface area contributed by atoms with Crippen LogP contribution in [0.1, 0.15) is 69.4 Å². The summed E-state index contributed by atoms with van der Waals surface area (Å²) in [6.45, 7) is 2.27. The Morgan fingerprint density at radius 3 is 2.30 bits per heavy atom. The molecule has 0 radical (unpaired) electrons. The van der Waals surface area contributed by atoms with Gasteiger partial charge in [0.25, 0.3) is 0 Å². The maximum atomic E-state index is 8.76. The van der Waals surface area contributed by atoms with Gasteiger partial charge in [-0.1, -0.05) is 44.4 Å². The Hall–Kier alpha value is -2.17. The number of hydrogen-bond acceptors (Lipinski definition) is 1. The highest BCUT2D eigenvalue weighted by molar-refractivity contribution is 5.43. The lowest BCUT2D eigenvalue weighted by Gasteiger charge is -2.25. The van der Waals surface area contributed by atoms with Crippen molar-refractivity contribution in [2.24, 2.45) is 11.8 Å². The van der Waals surface area contributed by atoms with Gasteiger partial charge >= 0.3 is 0 Å². The van der Waals surface area contributed by atoms with Crippen LogP contribution in [-0.4, -0.2) is 0 Å². The van der Waals surface area contributed by atoms with Crippen molar-refractivity contribution in [3.63, 3.8) is 0 Å². The zero-order chi connectivity index (χ0) is 16.3. The average molecular weight is 303 g/mol. The third kappa shape index (κ3) is 6.22. The fraction of sp³-hybridized carbons (Fsp3) is 0.500. The number of rotatable bonds is 4. The average Bonchev–Trinajstić information content (AvgIpc) is 2.61. The van der Waals surface area contributed by atoms with Crippen LogP contribution in [-0.2, 0) is 0 Å². The fourth-order valence-electron chi connectivity index (χ4n) is 3.15. The van der Waals surface area contributed by atoms with Gasteiger partial charge in [0.05, 0.1) is 11.6 Å². The van der Waals surface area contributed by atoms with Gasteiger partial charge in [0.2, 0.25) is 0 Å². The summed E-state index contributed by atoms with van der Waals surface area (Å²) in [7, 11) is 0. The molecule has 0 N–H and O–H groups in total. The van der Waals surface area contributed by atoms with Crippen molar-refractivity contribution in [3.8, 4) is 29.8 Å². The zero-order valence-corrected chi connectivity index (χ0v) is 14.1. The van der Waals surface area contributed by atoms with E-state index in [1.54, 1.807) is 12.1 Å². The summed E-state index contributed by atoms with van der Waals surface area (Å²) >= 11 is 0. The smallest absolute Gasteiger partial charge is 0.0991 e. The molecule has 1 aliphatic carbocycles. The van der Waals surface area contributed by atoms with Crippen LogP contribution < -0.4 is 0 Å². The Balaban J connectivity index is 1.76. The maximum Gasteiger partial charge on any atom is 0.0991 e. The molecular weight excluding hydrogens is 278 g/mol. The van der Waals surface area contributed by atoms with E-state index in [1.807, 2.05) is 12.1 Å². The molecule has 2 rings (SSSR count). The highest BCUT2D eigenvalue weighted by Gasteiger charge is 2.19. The Morgan fingerprint density at radius 2 is 1.65 bits per heavy atom. The maximum absolute atomic E-state index is 8.76. The first kappa shape index (κ1) is 17.2. The topological polar surface area (TPSA) is 23.8 Å². The first-order valence-corrected chi connectivity index (χ1v) is 8.83. The van der Waals surface area contributed by atoms with Gasteiger partial charge in [-0.25, -0.2) is 0 Å². The molecule has 0 bridgehead atoms. The van der Waals surface area contributed by atoms with E-state index in [2.05, 4.69) is 36.7 Å². The van der Waals surface area contributed by atoms with Crippen molar-refractivity contribution in [1.29, 1.82) is 5.26 Å². The monoisotopic (exact) mass is 303 g/mol. The van der Waals surface area contributed by atoms with E-state index in [1.165, 1.54) is 51.4 Å². The SMILES string of the molecule is CCCCCC1CCC(C#CC#Cc2ccc(C#N)cc2)CC1. The minimum Gasteiger partial charge on any atom is -0.192 e. The predicted molar refractivity (Wildman–Crippen MR) is 95.4 cm³/mol. The van der Waals surface area contributed by atoms with E-state index in [0.717, 1.165) is 11.5 Å². The van der Waals surface area contributed by atoms with Crippen molar-refractivity contribution < 1.29 is 0 Å². The van der Waals surface area contributed by atoms with Gasteiger partial charge in [-0.3, -0.25) is 0 Å². The van der Waals surface area contributed by atoms with Crippen molar-refractivity contribution in [2.75, 3.05) is 0 Å². The standard InChI is InChI=1S/C22H25N/c1-2-3-4-7-19-10-12-20(13-11-19)8-5-6-9-21-14-16-22(18-23)17-15-21/h14-17,19-20H,2-4,7,10-13H2,1H3. The molecule has 1 aromatic rings. The van der Waals surface area contributed by atoms with Crippen molar-refractivity contribution >= 4 is 0 Å². The van der Waals surface area contributed by atoms with Crippen LogP contribution in [0.2, 0.25) is 0 Å². The van der Waals surface area contributed by atoms with Crippen LogP contribution >= 0.6 is 0 Å². The van der Waals surface area contributed by atoms with Gasteiger partial charge in [-0.15, -0.1) is 0 Å². The van der Waals surface area contributed by atoms with Crippen LogP contribution in [0.5, 0.6) is 0 Å². The lowest BCUT2D eigenvalue weighted by atomic mass is 9.80. The largest absolute Gasteiger partial charge is 0.192 e. The first-order valence-electron chi connectivity index (χ1n) is 8.83. The Kier molecular flexibility index (Phi) is 7.30. The van der Waals surface area contributed by atoms with Gasteiger partial charge in [0, 0.05) is 11.5 Å². The van der Waals surface area contributed by atoms with Crippen LogP contribution in [0.3, 0.4) is 0 Å². The molecule has 118 valence electrons. The lowest BCUT2D eigenvalue weighted by molar-refractivity contribution is 0.294. The first-order chi connectivity index (χ1) is 11.3. The van der Waals surface area contributed by atoms with Crippen LogP contribution in [0.25, 0.3) is 0 Å². The van der Waals surface area contributed by atoms with E-state index < -0.39 is 0 Å². The third-order valence-electron chi connectivity index (χ3n) is 4.62. The van der Waals surface area contributed by atoms with Crippen molar-refractivity contribution in [3.05, 3.63) is 35.4 Å². The molecule has 1 heteroatoms. The molecule has 0 unspecified atom stereocenters. The van der Waals surface area contributed by atoms with Gasteiger partial charge < -0.3 is 0 Å². The highest BCUT2D eigenvalue weighted by Crippen LogP contribution is 2.31. The molecule has 23 heavy (non-hydrogen) atoms. The van der Waals surface area contributed by atoms with Gasteiger partial charge in [-0.2, -0.15) is 5.26 Å². The zero-order valence-electron chi connectivity index (χ0n) is 14.1. The van der Waals surface area contributed by atoms with E-state index in [9.17, 15) is 0 Å². The van der Waals surface area contributed by atoms with Gasteiger partial charge in [0.1, 0.15) is 0 Å². The molecule has 1 fully saturated rings. The molecule has 1 nitrogen and oxygen atoms in total. The van der Waals surface area contributed by atoms with Gasteiger partial charge in [-0.05, 0) is 67.7 Å². The van der Waals surface area contributed by atoms with E-state index >= 15 is 0 Å². The second-order valence-electron chi connectivity index (χ2n) is 6.42. The Morgan fingerprint density at radius 1 is 0.957 bits per heavy atom. The lowest BCUT2D eigenvalue weighted by Crippen LogP contribution is -2.13. The van der Waals surface area contributed by atoms with Crippen LogP contribution in [0, 0.1) is 46.8 Å². The molecule has 1 aliphatic rings. The van der Waals surface area contributed by atoms with Crippen LogP contribution in [0.4, 0.5) is 0 Å². The normalized spacial score (nSPS) is 19.7. The molecule has 0 atom stereocenters. The number of nitrogens with zero attached hydrogens (tertiary/aromatic N) is 1. The summed E-state index contributed by atoms with van der Waals surface area (Å²) in [5.74, 6) is 13.8. The van der Waals surface area contributed by atoms with E-state index in [0.29, 0.717) is 11.5 Å². The number of hydrogen-bond donors (Lipinski definition) is 0. The quantitative estimate of drug-likeness (QED) is 0.547. The number of benzene rings is 1. The second-order valence-corrected chi connectivity index (χ2v) is 6.42. The summed E-state index contributed by atoms with van der Waals surface area (Å²) in [5, 5.41) is 8.76. The van der Waals surface area contributed by atoms with Gasteiger partial charge in [0.15, 0.2) is 0 Å². The molecule has 1 saturated carbocycles. The fourth-order valence-corrected chi connectivity index (χ4v) is 3.15. The molecule has 0 heterocycles. The molecule has 0 aromatic heterocycles.